The normalized spacial score (nSPS) is 13.0. The number of methoxy groups -OCH3 is 1. The van der Waals surface area contributed by atoms with Gasteiger partial charge in [-0.2, -0.15) is 0 Å². The van der Waals surface area contributed by atoms with Crippen LogP contribution < -0.4 is 15.0 Å². The van der Waals surface area contributed by atoms with Crippen molar-refractivity contribution in [2.45, 2.75) is 13.0 Å². The summed E-state index contributed by atoms with van der Waals surface area (Å²) in [6, 6.07) is 12.9. The molecule has 5 nitrogen and oxygen atoms in total. The molecular formula is C18H18N2O3. The average Bonchev–Trinajstić information content (AvgIpc) is 2.86. The van der Waals surface area contributed by atoms with Crippen molar-refractivity contribution in [3.63, 3.8) is 0 Å². The maximum absolute atomic E-state index is 12.3. The fourth-order valence-corrected chi connectivity index (χ4v) is 2.68. The van der Waals surface area contributed by atoms with Crippen LogP contribution in [0.4, 0.5) is 5.69 Å². The van der Waals surface area contributed by atoms with Gasteiger partial charge in [0, 0.05) is 24.8 Å². The van der Waals surface area contributed by atoms with Crippen LogP contribution in [0.25, 0.3) is 0 Å². The van der Waals surface area contributed by atoms with E-state index in [1.54, 1.807) is 31.2 Å². The standard InChI is InChI=1S/C18H18N2O3/c1-20-16-7-6-13(9-14(16)10-17(20)21)18(22)19-11-12-4-3-5-15(8-12)23-2/h3-9H,10-11H2,1-2H3,(H,19,22). The first-order valence-corrected chi connectivity index (χ1v) is 7.39. The second-order valence-electron chi connectivity index (χ2n) is 5.51. The molecule has 0 atom stereocenters. The molecule has 1 aliphatic heterocycles. The van der Waals surface area contributed by atoms with Gasteiger partial charge in [0.1, 0.15) is 5.75 Å². The van der Waals surface area contributed by atoms with Crippen LogP contribution >= 0.6 is 0 Å². The minimum Gasteiger partial charge on any atom is -0.497 e. The lowest BCUT2D eigenvalue weighted by Crippen LogP contribution is -2.23. The number of likely N-dealkylation sites (N-methyl/N-ethyl adjacent to an activating group) is 1. The van der Waals surface area contributed by atoms with Gasteiger partial charge in [0.25, 0.3) is 5.91 Å². The number of carbonyl (C=O) groups excluding carboxylic acids is 2. The second kappa shape index (κ2) is 6.12. The van der Waals surface area contributed by atoms with Crippen LogP contribution in [0.15, 0.2) is 42.5 Å². The number of rotatable bonds is 4. The summed E-state index contributed by atoms with van der Waals surface area (Å²) in [6.45, 7) is 0.423. The Hall–Kier alpha value is -2.82. The number of nitrogens with zero attached hydrogens (tertiary/aromatic N) is 1. The molecule has 0 saturated heterocycles. The zero-order valence-corrected chi connectivity index (χ0v) is 13.1. The van der Waals surface area contributed by atoms with Crippen LogP contribution in [0.1, 0.15) is 21.5 Å². The molecule has 1 aliphatic rings. The van der Waals surface area contributed by atoms with Gasteiger partial charge in [0.05, 0.1) is 13.5 Å². The molecule has 0 aromatic heterocycles. The molecule has 2 aromatic rings. The molecule has 0 aliphatic carbocycles. The maximum Gasteiger partial charge on any atom is 0.251 e. The van der Waals surface area contributed by atoms with Crippen LogP contribution in [0.5, 0.6) is 5.75 Å². The molecule has 23 heavy (non-hydrogen) atoms. The van der Waals surface area contributed by atoms with Gasteiger partial charge in [0.15, 0.2) is 0 Å². The highest BCUT2D eigenvalue weighted by Gasteiger charge is 2.24. The Bertz CT molecular complexity index is 771. The number of amides is 2. The van der Waals surface area contributed by atoms with Gasteiger partial charge >= 0.3 is 0 Å². The minimum atomic E-state index is -0.155. The zero-order valence-electron chi connectivity index (χ0n) is 13.1. The van der Waals surface area contributed by atoms with Gasteiger partial charge < -0.3 is 15.0 Å². The monoisotopic (exact) mass is 310 g/mol. The molecule has 0 fully saturated rings. The lowest BCUT2D eigenvalue weighted by molar-refractivity contribution is -0.117. The van der Waals surface area contributed by atoms with Crippen LogP contribution in [-0.4, -0.2) is 26.0 Å². The van der Waals surface area contributed by atoms with Crippen molar-refractivity contribution in [2.75, 3.05) is 19.1 Å². The van der Waals surface area contributed by atoms with Gasteiger partial charge in [-0.05, 0) is 41.5 Å². The predicted molar refractivity (Wildman–Crippen MR) is 87.7 cm³/mol. The van der Waals surface area contributed by atoms with E-state index in [0.717, 1.165) is 22.6 Å². The summed E-state index contributed by atoms with van der Waals surface area (Å²) in [5.41, 5.74) is 3.30. The Labute approximate surface area is 134 Å². The van der Waals surface area contributed by atoms with Crippen LogP contribution in [0.2, 0.25) is 0 Å². The number of nitrogens with one attached hydrogen (secondary N) is 1. The van der Waals surface area contributed by atoms with Crippen molar-refractivity contribution in [3.05, 3.63) is 59.2 Å². The third-order valence-electron chi connectivity index (χ3n) is 4.01. The SMILES string of the molecule is COc1cccc(CNC(=O)c2ccc3c(c2)CC(=O)N3C)c1. The van der Waals surface area contributed by atoms with Crippen molar-refractivity contribution in [1.82, 2.24) is 5.32 Å². The summed E-state index contributed by atoms with van der Waals surface area (Å²) in [6.07, 6.45) is 0.350. The zero-order chi connectivity index (χ0) is 16.4. The average molecular weight is 310 g/mol. The Morgan fingerprint density at radius 3 is 2.87 bits per heavy atom. The molecule has 1 heterocycles. The number of hydrogen-bond donors (Lipinski definition) is 1. The van der Waals surface area contributed by atoms with E-state index in [4.69, 9.17) is 4.74 Å². The number of fused-ring (bicyclic) bond motifs is 1. The Balaban J connectivity index is 1.69. The van der Waals surface area contributed by atoms with E-state index in [9.17, 15) is 9.59 Å². The van der Waals surface area contributed by atoms with E-state index in [1.165, 1.54) is 0 Å². The summed E-state index contributed by atoms with van der Waals surface area (Å²) in [4.78, 5) is 25.6. The van der Waals surface area contributed by atoms with Crippen molar-refractivity contribution < 1.29 is 14.3 Å². The van der Waals surface area contributed by atoms with Gasteiger partial charge in [0.2, 0.25) is 5.91 Å². The van der Waals surface area contributed by atoms with Gasteiger partial charge in [-0.25, -0.2) is 0 Å². The van der Waals surface area contributed by atoms with Crippen molar-refractivity contribution in [1.29, 1.82) is 0 Å². The molecule has 2 aromatic carbocycles. The fourth-order valence-electron chi connectivity index (χ4n) is 2.68. The fraction of sp³-hybridized carbons (Fsp3) is 0.222. The van der Waals surface area contributed by atoms with E-state index in [1.807, 2.05) is 30.3 Å². The first-order chi connectivity index (χ1) is 11.1. The predicted octanol–water partition coefficient (Wildman–Crippen LogP) is 2.14. The topological polar surface area (TPSA) is 58.6 Å². The summed E-state index contributed by atoms with van der Waals surface area (Å²) >= 11 is 0. The summed E-state index contributed by atoms with van der Waals surface area (Å²) in [7, 11) is 3.36. The highest BCUT2D eigenvalue weighted by atomic mass is 16.5. The third kappa shape index (κ3) is 3.04. The highest BCUT2D eigenvalue weighted by molar-refractivity contribution is 6.03. The van der Waals surface area contributed by atoms with Crippen molar-refractivity contribution >= 4 is 17.5 Å². The first-order valence-electron chi connectivity index (χ1n) is 7.39. The minimum absolute atomic E-state index is 0.0499. The highest BCUT2D eigenvalue weighted by Crippen LogP contribution is 2.28. The molecule has 118 valence electrons. The van der Waals surface area contributed by atoms with Crippen LogP contribution in [0.3, 0.4) is 0 Å². The summed E-state index contributed by atoms with van der Waals surface area (Å²) in [5.74, 6) is 0.655. The largest absolute Gasteiger partial charge is 0.497 e. The molecule has 0 spiro atoms. The molecule has 0 unspecified atom stereocenters. The molecule has 3 rings (SSSR count). The molecule has 0 radical (unpaired) electrons. The van der Waals surface area contributed by atoms with Gasteiger partial charge in [-0.3, -0.25) is 9.59 Å². The van der Waals surface area contributed by atoms with Crippen LogP contribution in [-0.2, 0) is 17.8 Å². The van der Waals surface area contributed by atoms with E-state index >= 15 is 0 Å². The second-order valence-corrected chi connectivity index (χ2v) is 5.51. The molecule has 0 saturated carbocycles. The quantitative estimate of drug-likeness (QED) is 0.941. The van der Waals surface area contributed by atoms with Crippen molar-refractivity contribution in [2.24, 2.45) is 0 Å². The molecular weight excluding hydrogens is 292 g/mol. The molecule has 1 N–H and O–H groups in total. The van der Waals surface area contributed by atoms with Gasteiger partial charge in [-0.1, -0.05) is 12.1 Å². The van der Waals surface area contributed by atoms with E-state index in [0.29, 0.717) is 18.5 Å². The van der Waals surface area contributed by atoms with Crippen LogP contribution in [0, 0.1) is 0 Å². The maximum atomic E-state index is 12.3. The van der Waals surface area contributed by atoms with E-state index in [2.05, 4.69) is 5.32 Å². The molecule has 2 amide bonds. The third-order valence-corrected chi connectivity index (χ3v) is 4.01. The first kappa shape index (κ1) is 15.1. The van der Waals surface area contributed by atoms with E-state index in [-0.39, 0.29) is 11.8 Å². The number of carbonyl (C=O) groups is 2. The lowest BCUT2D eigenvalue weighted by atomic mass is 10.1. The number of anilines is 1. The number of ether oxygens (including phenoxy) is 1. The Morgan fingerprint density at radius 2 is 2.09 bits per heavy atom. The summed E-state index contributed by atoms with van der Waals surface area (Å²) < 4.78 is 5.17. The Morgan fingerprint density at radius 1 is 1.26 bits per heavy atom. The smallest absolute Gasteiger partial charge is 0.251 e. The Kier molecular flexibility index (Phi) is 4.02. The number of benzene rings is 2. The lowest BCUT2D eigenvalue weighted by Gasteiger charge is -2.11. The van der Waals surface area contributed by atoms with Crippen molar-refractivity contribution in [3.8, 4) is 5.75 Å². The van der Waals surface area contributed by atoms with E-state index < -0.39 is 0 Å². The molecule has 0 bridgehead atoms. The van der Waals surface area contributed by atoms with Gasteiger partial charge in [-0.15, -0.1) is 0 Å². The number of hydrogen-bond acceptors (Lipinski definition) is 3. The summed E-state index contributed by atoms with van der Waals surface area (Å²) in [5, 5.41) is 2.89. The molecule has 5 heteroatoms.